The molecule has 2 aromatic rings. The fourth-order valence-corrected chi connectivity index (χ4v) is 1.81. The molecule has 0 unspecified atom stereocenters. The second kappa shape index (κ2) is 7.24. The zero-order chi connectivity index (χ0) is 14.2. The molecular formula is C17H17NO2. The number of hydrogen-bond donors (Lipinski definition) is 0. The summed E-state index contributed by atoms with van der Waals surface area (Å²) in [6.07, 6.45) is 5.81. The second-order valence-electron chi connectivity index (χ2n) is 4.25. The van der Waals surface area contributed by atoms with Crippen molar-refractivity contribution in [1.29, 1.82) is 0 Å². The average molecular weight is 267 g/mol. The van der Waals surface area contributed by atoms with Crippen LogP contribution in [0.5, 0.6) is 0 Å². The average Bonchev–Trinajstić information content (AvgIpc) is 2.49. The van der Waals surface area contributed by atoms with E-state index in [1.165, 1.54) is 0 Å². The Hall–Kier alpha value is -2.42. The predicted octanol–water partition coefficient (Wildman–Crippen LogP) is 3.72. The summed E-state index contributed by atoms with van der Waals surface area (Å²) < 4.78 is 4.86. The van der Waals surface area contributed by atoms with Crippen LogP contribution in [0.25, 0.3) is 17.3 Å². The monoisotopic (exact) mass is 267 g/mol. The summed E-state index contributed by atoms with van der Waals surface area (Å²) in [6.45, 7) is 2.23. The highest BCUT2D eigenvalue weighted by Crippen LogP contribution is 2.17. The number of aromatic nitrogens is 1. The van der Waals surface area contributed by atoms with Gasteiger partial charge in [0, 0.05) is 11.8 Å². The van der Waals surface area contributed by atoms with Crippen molar-refractivity contribution in [2.75, 3.05) is 6.61 Å². The van der Waals surface area contributed by atoms with Crippen LogP contribution < -0.4 is 0 Å². The first-order valence-electron chi connectivity index (χ1n) is 6.63. The molecule has 0 N–H and O–H groups in total. The van der Waals surface area contributed by atoms with Crippen LogP contribution in [0, 0.1) is 0 Å². The normalized spacial score (nSPS) is 10.7. The van der Waals surface area contributed by atoms with Crippen molar-refractivity contribution in [3.8, 4) is 11.3 Å². The first kappa shape index (κ1) is 14.0. The molecule has 0 aliphatic carbocycles. The molecule has 102 valence electrons. The number of esters is 1. The first-order valence-corrected chi connectivity index (χ1v) is 6.63. The standard InChI is InChI=1S/C17H17NO2/c1-2-20-17(19)8-5-6-14-9-11-15(12-10-14)16-7-3-4-13-18-16/h3-7,9-13H,2,8H2,1H3. The van der Waals surface area contributed by atoms with Gasteiger partial charge in [0.05, 0.1) is 18.7 Å². The molecule has 0 aliphatic rings. The van der Waals surface area contributed by atoms with Crippen LogP contribution in [0.3, 0.4) is 0 Å². The number of pyridine rings is 1. The summed E-state index contributed by atoms with van der Waals surface area (Å²) in [5.41, 5.74) is 3.08. The van der Waals surface area contributed by atoms with E-state index in [1.807, 2.05) is 54.6 Å². The van der Waals surface area contributed by atoms with Gasteiger partial charge in [-0.1, -0.05) is 42.5 Å². The fraction of sp³-hybridized carbons (Fsp3) is 0.176. The quantitative estimate of drug-likeness (QED) is 0.775. The third-order valence-electron chi connectivity index (χ3n) is 2.77. The Morgan fingerprint density at radius 1 is 1.20 bits per heavy atom. The first-order chi connectivity index (χ1) is 9.79. The molecule has 0 radical (unpaired) electrons. The molecule has 2 rings (SSSR count). The zero-order valence-electron chi connectivity index (χ0n) is 11.5. The summed E-state index contributed by atoms with van der Waals surface area (Å²) in [6, 6.07) is 13.9. The molecule has 3 nitrogen and oxygen atoms in total. The zero-order valence-corrected chi connectivity index (χ0v) is 11.5. The number of carbonyl (C=O) groups excluding carboxylic acids is 1. The summed E-state index contributed by atoms with van der Waals surface area (Å²) in [7, 11) is 0. The van der Waals surface area contributed by atoms with E-state index in [0.29, 0.717) is 13.0 Å². The van der Waals surface area contributed by atoms with Crippen LogP contribution in [0.2, 0.25) is 0 Å². The Bertz CT molecular complexity index is 574. The smallest absolute Gasteiger partial charge is 0.309 e. The molecule has 0 saturated heterocycles. The molecule has 0 saturated carbocycles. The van der Waals surface area contributed by atoms with Crippen LogP contribution in [0.4, 0.5) is 0 Å². The van der Waals surface area contributed by atoms with E-state index >= 15 is 0 Å². The maximum absolute atomic E-state index is 11.2. The van der Waals surface area contributed by atoms with Crippen LogP contribution in [-0.4, -0.2) is 17.6 Å². The number of nitrogens with zero attached hydrogens (tertiary/aromatic N) is 1. The molecule has 1 heterocycles. The third-order valence-corrected chi connectivity index (χ3v) is 2.77. The molecule has 0 spiro atoms. The van der Waals surface area contributed by atoms with Crippen molar-refractivity contribution in [3.63, 3.8) is 0 Å². The Morgan fingerprint density at radius 3 is 2.65 bits per heavy atom. The summed E-state index contributed by atoms with van der Waals surface area (Å²) >= 11 is 0. The van der Waals surface area contributed by atoms with Gasteiger partial charge >= 0.3 is 5.97 Å². The van der Waals surface area contributed by atoms with Crippen molar-refractivity contribution in [2.45, 2.75) is 13.3 Å². The van der Waals surface area contributed by atoms with Gasteiger partial charge in [-0.25, -0.2) is 0 Å². The minimum Gasteiger partial charge on any atom is -0.466 e. The van der Waals surface area contributed by atoms with Gasteiger partial charge in [0.2, 0.25) is 0 Å². The minimum atomic E-state index is -0.200. The Morgan fingerprint density at radius 2 is 2.00 bits per heavy atom. The van der Waals surface area contributed by atoms with E-state index in [9.17, 15) is 4.79 Å². The van der Waals surface area contributed by atoms with Gasteiger partial charge in [0.1, 0.15) is 0 Å². The van der Waals surface area contributed by atoms with E-state index in [4.69, 9.17) is 4.74 Å². The summed E-state index contributed by atoms with van der Waals surface area (Å²) in [5.74, 6) is -0.200. The highest BCUT2D eigenvalue weighted by atomic mass is 16.5. The van der Waals surface area contributed by atoms with Crippen LogP contribution in [0.15, 0.2) is 54.7 Å². The lowest BCUT2D eigenvalue weighted by Gasteiger charge is -2.01. The molecular weight excluding hydrogens is 250 g/mol. The van der Waals surface area contributed by atoms with E-state index in [-0.39, 0.29) is 5.97 Å². The molecule has 3 heteroatoms. The Kier molecular flexibility index (Phi) is 5.07. The van der Waals surface area contributed by atoms with E-state index in [1.54, 1.807) is 13.1 Å². The topological polar surface area (TPSA) is 39.2 Å². The number of carbonyl (C=O) groups is 1. The molecule has 0 atom stereocenters. The van der Waals surface area contributed by atoms with Crippen LogP contribution in [0.1, 0.15) is 18.9 Å². The fourth-order valence-electron chi connectivity index (χ4n) is 1.81. The van der Waals surface area contributed by atoms with Gasteiger partial charge in [-0.2, -0.15) is 0 Å². The second-order valence-corrected chi connectivity index (χ2v) is 4.25. The van der Waals surface area contributed by atoms with Gasteiger partial charge < -0.3 is 4.74 Å². The largest absolute Gasteiger partial charge is 0.466 e. The highest BCUT2D eigenvalue weighted by Gasteiger charge is 1.98. The molecule has 1 aromatic heterocycles. The molecule has 0 bridgehead atoms. The lowest BCUT2D eigenvalue weighted by atomic mass is 10.1. The molecule has 20 heavy (non-hydrogen) atoms. The van der Waals surface area contributed by atoms with Crippen molar-refractivity contribution >= 4 is 12.0 Å². The Labute approximate surface area is 118 Å². The molecule has 0 aliphatic heterocycles. The SMILES string of the molecule is CCOC(=O)CC=Cc1ccc(-c2ccccn2)cc1. The van der Waals surface area contributed by atoms with Gasteiger partial charge in [-0.3, -0.25) is 9.78 Å². The van der Waals surface area contributed by atoms with Crippen LogP contribution >= 0.6 is 0 Å². The lowest BCUT2D eigenvalue weighted by molar-refractivity contribution is -0.142. The van der Waals surface area contributed by atoms with E-state index < -0.39 is 0 Å². The van der Waals surface area contributed by atoms with Crippen molar-refractivity contribution in [1.82, 2.24) is 4.98 Å². The van der Waals surface area contributed by atoms with Gasteiger partial charge in [0.15, 0.2) is 0 Å². The molecule has 0 fully saturated rings. The van der Waals surface area contributed by atoms with Gasteiger partial charge in [-0.05, 0) is 24.6 Å². The summed E-state index contributed by atoms with van der Waals surface area (Å²) in [4.78, 5) is 15.5. The minimum absolute atomic E-state index is 0.200. The molecule has 0 amide bonds. The molecule has 1 aromatic carbocycles. The van der Waals surface area contributed by atoms with Crippen molar-refractivity contribution < 1.29 is 9.53 Å². The number of benzene rings is 1. The van der Waals surface area contributed by atoms with Crippen LogP contribution in [-0.2, 0) is 9.53 Å². The summed E-state index contributed by atoms with van der Waals surface area (Å²) in [5, 5.41) is 0. The number of rotatable bonds is 5. The predicted molar refractivity (Wildman–Crippen MR) is 80.0 cm³/mol. The van der Waals surface area contributed by atoms with Crippen molar-refractivity contribution in [2.24, 2.45) is 0 Å². The number of ether oxygens (including phenoxy) is 1. The van der Waals surface area contributed by atoms with Gasteiger partial charge in [0.25, 0.3) is 0 Å². The van der Waals surface area contributed by atoms with Gasteiger partial charge in [-0.15, -0.1) is 0 Å². The van der Waals surface area contributed by atoms with E-state index in [2.05, 4.69) is 4.98 Å². The lowest BCUT2D eigenvalue weighted by Crippen LogP contribution is -2.01. The maximum Gasteiger partial charge on any atom is 0.309 e. The van der Waals surface area contributed by atoms with E-state index in [0.717, 1.165) is 16.8 Å². The highest BCUT2D eigenvalue weighted by molar-refractivity contribution is 5.72. The Balaban J connectivity index is 1.98. The third kappa shape index (κ3) is 4.05. The maximum atomic E-state index is 11.2. The number of hydrogen-bond acceptors (Lipinski definition) is 3. The van der Waals surface area contributed by atoms with Crippen molar-refractivity contribution in [3.05, 3.63) is 60.3 Å².